The standard InChI is InChI=1S/C27H25N7O5/c1-38-21-11-20(12-22(13-21)39-2)32-16-18-14-29-26(30-24-6-4-3-5-23(24)28)31-25(18)33(27(32)35)15-17-7-9-19(10-8-17)34(36)37/h3-14H,15-16,28H2,1-2H3,(H,29,30,31). The van der Waals surface area contributed by atoms with Crippen molar-refractivity contribution in [2.45, 2.75) is 13.1 Å². The maximum Gasteiger partial charge on any atom is 0.330 e. The van der Waals surface area contributed by atoms with Crippen LogP contribution < -0.4 is 30.3 Å². The summed E-state index contributed by atoms with van der Waals surface area (Å²) in [6.07, 6.45) is 1.66. The second-order valence-electron chi connectivity index (χ2n) is 8.70. The van der Waals surface area contributed by atoms with Crippen molar-refractivity contribution in [3.8, 4) is 11.5 Å². The smallest absolute Gasteiger partial charge is 0.330 e. The molecule has 2 heterocycles. The summed E-state index contributed by atoms with van der Waals surface area (Å²) in [5.41, 5.74) is 9.13. The number of hydrogen-bond donors (Lipinski definition) is 2. The number of non-ortho nitro benzene ring substituents is 1. The van der Waals surface area contributed by atoms with Crippen molar-refractivity contribution in [2.24, 2.45) is 0 Å². The largest absolute Gasteiger partial charge is 0.497 e. The number of benzene rings is 3. The minimum Gasteiger partial charge on any atom is -0.497 e. The molecule has 3 N–H and O–H groups in total. The zero-order valence-corrected chi connectivity index (χ0v) is 21.2. The van der Waals surface area contributed by atoms with Gasteiger partial charge in [0.05, 0.1) is 49.3 Å². The Morgan fingerprint density at radius 2 is 1.74 bits per heavy atom. The molecular weight excluding hydrogens is 502 g/mol. The van der Waals surface area contributed by atoms with Crippen LogP contribution in [-0.2, 0) is 13.1 Å². The first kappa shape index (κ1) is 25.3. The van der Waals surface area contributed by atoms with Crippen molar-refractivity contribution in [1.82, 2.24) is 9.97 Å². The fourth-order valence-corrected chi connectivity index (χ4v) is 4.21. The fourth-order valence-electron chi connectivity index (χ4n) is 4.21. The SMILES string of the molecule is COc1cc(OC)cc(N2Cc3cnc(Nc4ccccc4N)nc3N(Cc3ccc([N+](=O)[O-])cc3)C2=O)c1. The van der Waals surface area contributed by atoms with Crippen LogP contribution in [0.15, 0.2) is 72.9 Å². The molecule has 0 fully saturated rings. The number of nitrogens with two attached hydrogens (primary N) is 1. The minimum absolute atomic E-state index is 0.0384. The monoisotopic (exact) mass is 527 g/mol. The van der Waals surface area contributed by atoms with E-state index in [4.69, 9.17) is 15.2 Å². The molecule has 1 aromatic heterocycles. The van der Waals surface area contributed by atoms with Gasteiger partial charge in [0, 0.05) is 42.1 Å². The molecule has 3 aromatic carbocycles. The molecule has 0 bridgehead atoms. The third kappa shape index (κ3) is 5.21. The summed E-state index contributed by atoms with van der Waals surface area (Å²) < 4.78 is 10.8. The molecule has 5 rings (SSSR count). The van der Waals surface area contributed by atoms with Crippen LogP contribution in [0.25, 0.3) is 0 Å². The van der Waals surface area contributed by atoms with Gasteiger partial charge in [-0.2, -0.15) is 4.98 Å². The average Bonchev–Trinajstić information content (AvgIpc) is 2.95. The van der Waals surface area contributed by atoms with E-state index < -0.39 is 4.92 Å². The van der Waals surface area contributed by atoms with Gasteiger partial charge in [0.25, 0.3) is 5.69 Å². The number of nitro benzene ring substituents is 1. The molecule has 0 spiro atoms. The Bertz CT molecular complexity index is 1520. The number of para-hydroxylation sites is 2. The Hall–Kier alpha value is -5.39. The number of hydrogen-bond acceptors (Lipinski definition) is 9. The summed E-state index contributed by atoms with van der Waals surface area (Å²) in [5.74, 6) is 1.74. The number of methoxy groups -OCH3 is 2. The third-order valence-electron chi connectivity index (χ3n) is 6.23. The van der Waals surface area contributed by atoms with Crippen molar-refractivity contribution in [3.63, 3.8) is 0 Å². The van der Waals surface area contributed by atoms with E-state index in [1.54, 1.807) is 53.6 Å². The van der Waals surface area contributed by atoms with Crippen LogP contribution in [0.4, 0.5) is 39.3 Å². The highest BCUT2D eigenvalue weighted by atomic mass is 16.6. The summed E-state index contributed by atoms with van der Waals surface area (Å²) in [5, 5.41) is 14.2. The summed E-state index contributed by atoms with van der Waals surface area (Å²) in [6.45, 7) is 0.320. The highest BCUT2D eigenvalue weighted by molar-refractivity contribution is 6.05. The Morgan fingerprint density at radius 1 is 1.05 bits per heavy atom. The van der Waals surface area contributed by atoms with Crippen molar-refractivity contribution >= 4 is 40.5 Å². The topological polar surface area (TPSA) is 149 Å². The predicted octanol–water partition coefficient (Wildman–Crippen LogP) is 4.87. The van der Waals surface area contributed by atoms with Crippen LogP contribution >= 0.6 is 0 Å². The molecule has 12 heteroatoms. The Morgan fingerprint density at radius 3 is 2.38 bits per heavy atom. The highest BCUT2D eigenvalue weighted by Crippen LogP contribution is 2.36. The molecule has 0 saturated heterocycles. The van der Waals surface area contributed by atoms with E-state index in [2.05, 4.69) is 15.3 Å². The van der Waals surface area contributed by atoms with Crippen LogP contribution in [0.1, 0.15) is 11.1 Å². The molecule has 198 valence electrons. The van der Waals surface area contributed by atoms with Crippen LogP contribution in [0.2, 0.25) is 0 Å². The number of carbonyl (C=O) groups is 1. The summed E-state index contributed by atoms with van der Waals surface area (Å²) >= 11 is 0. The first-order valence-electron chi connectivity index (χ1n) is 11.9. The van der Waals surface area contributed by atoms with Crippen LogP contribution in [0, 0.1) is 10.1 Å². The van der Waals surface area contributed by atoms with Crippen molar-refractivity contribution in [1.29, 1.82) is 0 Å². The Kier molecular flexibility index (Phi) is 6.83. The van der Waals surface area contributed by atoms with Crippen LogP contribution in [0.3, 0.4) is 0 Å². The number of fused-ring (bicyclic) bond motifs is 1. The number of nitrogen functional groups attached to an aromatic ring is 1. The van der Waals surface area contributed by atoms with Crippen LogP contribution in [-0.4, -0.2) is 35.1 Å². The minimum atomic E-state index is -0.469. The number of anilines is 5. The number of nitro groups is 1. The molecule has 0 radical (unpaired) electrons. The van der Waals surface area contributed by atoms with E-state index in [9.17, 15) is 14.9 Å². The molecule has 39 heavy (non-hydrogen) atoms. The molecule has 0 unspecified atom stereocenters. The maximum absolute atomic E-state index is 14.0. The van der Waals surface area contributed by atoms with Gasteiger partial charge in [-0.05, 0) is 17.7 Å². The fraction of sp³-hybridized carbons (Fsp3) is 0.148. The van der Waals surface area contributed by atoms with Crippen molar-refractivity contribution in [3.05, 3.63) is 94.2 Å². The van der Waals surface area contributed by atoms with Gasteiger partial charge in [0.1, 0.15) is 17.3 Å². The van der Waals surface area contributed by atoms with Gasteiger partial charge in [0.15, 0.2) is 0 Å². The molecule has 4 aromatic rings. The molecule has 2 amide bonds. The number of urea groups is 1. The van der Waals surface area contributed by atoms with E-state index >= 15 is 0 Å². The van der Waals surface area contributed by atoms with E-state index in [0.29, 0.717) is 45.5 Å². The van der Waals surface area contributed by atoms with Gasteiger partial charge in [-0.3, -0.25) is 19.9 Å². The Balaban J connectivity index is 1.55. The number of aromatic nitrogens is 2. The predicted molar refractivity (Wildman–Crippen MR) is 147 cm³/mol. The molecular formula is C27H25N7O5. The number of nitrogens with one attached hydrogen (secondary N) is 1. The van der Waals surface area contributed by atoms with Gasteiger partial charge in [-0.15, -0.1) is 0 Å². The lowest BCUT2D eigenvalue weighted by atomic mass is 10.1. The molecule has 1 aliphatic rings. The number of rotatable bonds is 8. The molecule has 0 aliphatic carbocycles. The van der Waals surface area contributed by atoms with Crippen molar-refractivity contribution < 1.29 is 19.2 Å². The summed E-state index contributed by atoms with van der Waals surface area (Å²) in [4.78, 5) is 36.8. The zero-order chi connectivity index (χ0) is 27.5. The Labute approximate surface area is 223 Å². The van der Waals surface area contributed by atoms with Crippen molar-refractivity contribution in [2.75, 3.05) is 35.1 Å². The molecule has 0 saturated carbocycles. The lowest BCUT2D eigenvalue weighted by molar-refractivity contribution is -0.384. The highest BCUT2D eigenvalue weighted by Gasteiger charge is 2.34. The number of carbonyl (C=O) groups excluding carboxylic acids is 1. The van der Waals surface area contributed by atoms with E-state index in [-0.39, 0.29) is 30.8 Å². The quantitative estimate of drug-likeness (QED) is 0.186. The van der Waals surface area contributed by atoms with E-state index in [1.165, 1.54) is 31.3 Å². The van der Waals surface area contributed by atoms with E-state index in [0.717, 1.165) is 0 Å². The summed E-state index contributed by atoms with van der Waals surface area (Å²) in [7, 11) is 3.07. The first-order valence-corrected chi connectivity index (χ1v) is 11.9. The second-order valence-corrected chi connectivity index (χ2v) is 8.70. The van der Waals surface area contributed by atoms with Gasteiger partial charge in [-0.1, -0.05) is 24.3 Å². The molecule has 0 atom stereocenters. The lowest BCUT2D eigenvalue weighted by Crippen LogP contribution is -2.47. The van der Waals surface area contributed by atoms with E-state index in [1.807, 2.05) is 12.1 Å². The number of amides is 2. The van der Waals surface area contributed by atoms with Gasteiger partial charge in [0.2, 0.25) is 5.95 Å². The van der Waals surface area contributed by atoms with Gasteiger partial charge >= 0.3 is 6.03 Å². The molecule has 1 aliphatic heterocycles. The average molecular weight is 528 g/mol. The van der Waals surface area contributed by atoms with Gasteiger partial charge < -0.3 is 20.5 Å². The third-order valence-corrected chi connectivity index (χ3v) is 6.23. The first-order chi connectivity index (χ1) is 18.9. The van der Waals surface area contributed by atoms with Gasteiger partial charge in [-0.25, -0.2) is 9.78 Å². The summed E-state index contributed by atoms with van der Waals surface area (Å²) in [6, 6.07) is 18.1. The maximum atomic E-state index is 14.0. The molecule has 12 nitrogen and oxygen atoms in total. The normalized spacial score (nSPS) is 12.6. The van der Waals surface area contributed by atoms with Crippen LogP contribution in [0.5, 0.6) is 11.5 Å². The second kappa shape index (κ2) is 10.5. The number of nitrogens with zero attached hydrogens (tertiary/aromatic N) is 5. The number of ether oxygens (including phenoxy) is 2. The zero-order valence-electron chi connectivity index (χ0n) is 21.2. The lowest BCUT2D eigenvalue weighted by Gasteiger charge is -2.36.